The molecule has 0 aliphatic rings. The first kappa shape index (κ1) is 25.5. The highest BCUT2D eigenvalue weighted by Gasteiger charge is 2.11. The van der Waals surface area contributed by atoms with E-state index in [0.29, 0.717) is 6.42 Å². The molecule has 0 aliphatic carbocycles. The maximum Gasteiger partial charge on any atom is 0.137 e. The monoisotopic (exact) mass is 413 g/mol. The molecule has 0 saturated carbocycles. The minimum atomic E-state index is -0.343. The normalized spacial score (nSPS) is 10.2. The number of unbranched alkanes of at least 4 members (excludes halogenated alkanes) is 1. The van der Waals surface area contributed by atoms with E-state index in [2.05, 4.69) is 59.5 Å². The SMILES string of the molecule is C=O.CCCCc1cccc(-c2cnc3[nH]c(C)c(CCF)c3c2)c1.CCCNC. The van der Waals surface area contributed by atoms with Gasteiger partial charge in [0.2, 0.25) is 0 Å². The molecule has 0 atom stereocenters. The number of benzene rings is 1. The molecule has 164 valence electrons. The third-order valence-electron chi connectivity index (χ3n) is 4.90. The molecule has 0 spiro atoms. The third-order valence-corrected chi connectivity index (χ3v) is 4.90. The molecule has 2 aromatic heterocycles. The van der Waals surface area contributed by atoms with Crippen LogP contribution in [0.1, 0.15) is 49.9 Å². The number of carbonyl (C=O) groups is 1. The van der Waals surface area contributed by atoms with Crippen LogP contribution in [-0.4, -0.2) is 37.0 Å². The van der Waals surface area contributed by atoms with Crippen LogP contribution in [0.15, 0.2) is 36.5 Å². The van der Waals surface area contributed by atoms with Crippen molar-refractivity contribution in [3.05, 3.63) is 53.3 Å². The number of nitrogens with one attached hydrogen (secondary N) is 2. The van der Waals surface area contributed by atoms with Crippen LogP contribution in [0.5, 0.6) is 0 Å². The van der Waals surface area contributed by atoms with Crippen molar-refractivity contribution in [2.75, 3.05) is 20.3 Å². The van der Waals surface area contributed by atoms with Crippen molar-refractivity contribution >= 4 is 17.8 Å². The molecule has 0 amide bonds. The van der Waals surface area contributed by atoms with Crippen molar-refractivity contribution in [1.29, 1.82) is 0 Å². The summed E-state index contributed by atoms with van der Waals surface area (Å²) in [5, 5.41) is 4.06. The van der Waals surface area contributed by atoms with Crippen LogP contribution in [-0.2, 0) is 17.6 Å². The summed E-state index contributed by atoms with van der Waals surface area (Å²) in [4.78, 5) is 15.8. The Labute approximate surface area is 180 Å². The van der Waals surface area contributed by atoms with Gasteiger partial charge in [0.15, 0.2) is 0 Å². The van der Waals surface area contributed by atoms with Gasteiger partial charge in [-0.2, -0.15) is 0 Å². The molecule has 0 radical (unpaired) electrons. The lowest BCUT2D eigenvalue weighted by Gasteiger charge is -2.06. The van der Waals surface area contributed by atoms with Crippen LogP contribution in [0.4, 0.5) is 4.39 Å². The maximum atomic E-state index is 12.8. The second kappa shape index (κ2) is 14.5. The Kier molecular flexibility index (Phi) is 12.3. The van der Waals surface area contributed by atoms with E-state index < -0.39 is 0 Å². The second-order valence-corrected chi connectivity index (χ2v) is 7.20. The van der Waals surface area contributed by atoms with Crippen LogP contribution in [0.3, 0.4) is 0 Å². The van der Waals surface area contributed by atoms with E-state index in [4.69, 9.17) is 4.79 Å². The summed E-state index contributed by atoms with van der Waals surface area (Å²) in [5.41, 5.74) is 6.53. The van der Waals surface area contributed by atoms with E-state index in [0.717, 1.165) is 40.8 Å². The topological polar surface area (TPSA) is 57.8 Å². The zero-order valence-electron chi connectivity index (χ0n) is 18.9. The smallest absolute Gasteiger partial charge is 0.137 e. The van der Waals surface area contributed by atoms with Gasteiger partial charge in [0.1, 0.15) is 12.4 Å². The third kappa shape index (κ3) is 7.38. The quantitative estimate of drug-likeness (QED) is 0.489. The van der Waals surface area contributed by atoms with Gasteiger partial charge in [-0.05, 0) is 62.5 Å². The molecule has 5 heteroatoms. The van der Waals surface area contributed by atoms with E-state index in [1.165, 1.54) is 30.4 Å². The number of aromatic amines is 1. The molecule has 2 N–H and O–H groups in total. The largest absolute Gasteiger partial charge is 0.343 e. The van der Waals surface area contributed by atoms with Crippen molar-refractivity contribution in [2.24, 2.45) is 0 Å². The van der Waals surface area contributed by atoms with E-state index in [9.17, 15) is 4.39 Å². The fraction of sp³-hybridized carbons (Fsp3) is 0.440. The fourth-order valence-electron chi connectivity index (χ4n) is 3.36. The van der Waals surface area contributed by atoms with E-state index in [1.807, 2.05) is 27.0 Å². The van der Waals surface area contributed by atoms with Crippen LogP contribution < -0.4 is 5.32 Å². The summed E-state index contributed by atoms with van der Waals surface area (Å²) < 4.78 is 12.8. The standard InChI is InChI=1S/C20H23FN2.C4H11N.CH2O/c1-3-4-6-15-7-5-8-16(11-15)17-12-19-18(9-10-21)14(2)23-20(19)22-13-17;1-3-4-5-2;1-2/h5,7-8,11-13H,3-4,6,9-10H2,1-2H3,(H,22,23);5H,3-4H2,1-2H3;1H2. The first-order valence-electron chi connectivity index (χ1n) is 10.7. The number of halogens is 1. The minimum Gasteiger partial charge on any atom is -0.343 e. The molecule has 30 heavy (non-hydrogen) atoms. The van der Waals surface area contributed by atoms with Gasteiger partial charge in [0.25, 0.3) is 0 Å². The number of hydrogen-bond donors (Lipinski definition) is 2. The Morgan fingerprint density at radius 3 is 2.47 bits per heavy atom. The summed E-state index contributed by atoms with van der Waals surface area (Å²) >= 11 is 0. The molecule has 0 bridgehead atoms. The first-order valence-corrected chi connectivity index (χ1v) is 10.7. The molecular formula is C25H36FN3O. The second-order valence-electron chi connectivity index (χ2n) is 7.20. The molecule has 4 nitrogen and oxygen atoms in total. The number of carbonyl (C=O) groups excluding carboxylic acids is 1. The molecule has 3 rings (SSSR count). The van der Waals surface area contributed by atoms with Crippen molar-refractivity contribution in [1.82, 2.24) is 15.3 Å². The number of hydrogen-bond acceptors (Lipinski definition) is 3. The van der Waals surface area contributed by atoms with Crippen molar-refractivity contribution < 1.29 is 9.18 Å². The number of rotatable bonds is 8. The Hall–Kier alpha value is -2.53. The number of nitrogens with zero attached hydrogens (tertiary/aromatic N) is 1. The summed E-state index contributed by atoms with van der Waals surface area (Å²) in [6.07, 6.45) is 7.09. The van der Waals surface area contributed by atoms with E-state index >= 15 is 0 Å². The van der Waals surface area contributed by atoms with Gasteiger partial charge in [-0.1, -0.05) is 44.5 Å². The highest BCUT2D eigenvalue weighted by atomic mass is 19.1. The van der Waals surface area contributed by atoms with Crippen LogP contribution >= 0.6 is 0 Å². The average Bonchev–Trinajstić information content (AvgIpc) is 3.09. The number of alkyl halides is 1. The molecule has 3 aromatic rings. The average molecular weight is 414 g/mol. The van der Waals surface area contributed by atoms with Gasteiger partial charge in [-0.15, -0.1) is 0 Å². The highest BCUT2D eigenvalue weighted by molar-refractivity contribution is 5.85. The summed E-state index contributed by atoms with van der Waals surface area (Å²) in [7, 11) is 1.96. The van der Waals surface area contributed by atoms with E-state index in [-0.39, 0.29) is 6.67 Å². The number of H-pyrrole nitrogens is 1. The van der Waals surface area contributed by atoms with Gasteiger partial charge in [-0.25, -0.2) is 4.98 Å². The Balaban J connectivity index is 0.000000565. The predicted molar refractivity (Wildman–Crippen MR) is 126 cm³/mol. The Morgan fingerprint density at radius 1 is 1.10 bits per heavy atom. The van der Waals surface area contributed by atoms with Gasteiger partial charge in [-0.3, -0.25) is 4.39 Å². The van der Waals surface area contributed by atoms with Crippen LogP contribution in [0, 0.1) is 6.92 Å². The number of aryl methyl sites for hydroxylation is 3. The lowest BCUT2D eigenvalue weighted by Crippen LogP contribution is -2.04. The molecule has 0 aliphatic heterocycles. The Bertz CT molecular complexity index is 874. The first-order chi connectivity index (χ1) is 14.6. The Morgan fingerprint density at radius 2 is 1.87 bits per heavy atom. The fourth-order valence-corrected chi connectivity index (χ4v) is 3.36. The van der Waals surface area contributed by atoms with E-state index in [1.54, 1.807) is 0 Å². The van der Waals surface area contributed by atoms with Crippen LogP contribution in [0.2, 0.25) is 0 Å². The predicted octanol–water partition coefficient (Wildman–Crippen LogP) is 5.82. The number of fused-ring (bicyclic) bond motifs is 1. The maximum absolute atomic E-state index is 12.8. The molecule has 0 saturated heterocycles. The van der Waals surface area contributed by atoms with Gasteiger partial charge in [0.05, 0.1) is 6.67 Å². The van der Waals surface area contributed by atoms with Gasteiger partial charge >= 0.3 is 0 Å². The zero-order chi connectivity index (χ0) is 22.4. The molecule has 0 unspecified atom stereocenters. The lowest BCUT2D eigenvalue weighted by molar-refractivity contribution is -0.0979. The summed E-state index contributed by atoms with van der Waals surface area (Å²) in [6, 6.07) is 10.8. The van der Waals surface area contributed by atoms with Crippen LogP contribution in [0.25, 0.3) is 22.2 Å². The molecular weight excluding hydrogens is 377 g/mol. The zero-order valence-corrected chi connectivity index (χ0v) is 18.9. The van der Waals surface area contributed by atoms with Crippen molar-refractivity contribution in [3.8, 4) is 11.1 Å². The van der Waals surface area contributed by atoms with Gasteiger partial charge in [0, 0.05) is 29.3 Å². The summed E-state index contributed by atoms with van der Waals surface area (Å²) in [5.74, 6) is 0. The van der Waals surface area contributed by atoms with Crippen molar-refractivity contribution in [3.63, 3.8) is 0 Å². The highest BCUT2D eigenvalue weighted by Crippen LogP contribution is 2.27. The molecule has 2 heterocycles. The molecule has 0 fully saturated rings. The summed E-state index contributed by atoms with van der Waals surface area (Å²) in [6.45, 7) is 9.14. The van der Waals surface area contributed by atoms with Crippen molar-refractivity contribution in [2.45, 2.75) is 52.9 Å². The number of aromatic nitrogens is 2. The molecule has 1 aromatic carbocycles. The lowest BCUT2D eigenvalue weighted by atomic mass is 10.00. The minimum absolute atomic E-state index is 0.343. The number of pyridine rings is 1. The van der Waals surface area contributed by atoms with Gasteiger partial charge < -0.3 is 15.1 Å².